The Labute approximate surface area is 136 Å². The molecule has 120 valence electrons. The van der Waals surface area contributed by atoms with E-state index in [4.69, 9.17) is 0 Å². The van der Waals surface area contributed by atoms with Crippen molar-refractivity contribution in [3.05, 3.63) is 48.2 Å². The zero-order chi connectivity index (χ0) is 15.9. The molecule has 1 amide bonds. The molecule has 1 aliphatic rings. The van der Waals surface area contributed by atoms with Crippen LogP contribution in [-0.2, 0) is 6.42 Å². The van der Waals surface area contributed by atoms with Gasteiger partial charge in [0.05, 0.1) is 0 Å². The number of anilines is 1. The van der Waals surface area contributed by atoms with Crippen LogP contribution in [0, 0.1) is 0 Å². The van der Waals surface area contributed by atoms with Gasteiger partial charge in [-0.25, -0.2) is 9.97 Å². The molecule has 1 N–H and O–H groups in total. The highest BCUT2D eigenvalue weighted by Crippen LogP contribution is 2.17. The summed E-state index contributed by atoms with van der Waals surface area (Å²) in [6.45, 7) is 2.54. The Kier molecular flexibility index (Phi) is 5.13. The molecule has 6 heteroatoms. The van der Waals surface area contributed by atoms with E-state index in [0.717, 1.165) is 24.6 Å². The number of carbonyl (C=O) groups excluding carboxylic acids is 1. The fourth-order valence-corrected chi connectivity index (χ4v) is 2.71. The lowest BCUT2D eigenvalue weighted by atomic mass is 10.1. The third-order valence-corrected chi connectivity index (χ3v) is 3.96. The normalized spacial score (nSPS) is 14.5. The van der Waals surface area contributed by atoms with E-state index in [1.54, 1.807) is 12.3 Å². The molecule has 0 radical (unpaired) electrons. The van der Waals surface area contributed by atoms with Crippen molar-refractivity contribution in [2.75, 3.05) is 24.5 Å². The Balaban J connectivity index is 1.56. The second-order valence-corrected chi connectivity index (χ2v) is 5.64. The van der Waals surface area contributed by atoms with Crippen molar-refractivity contribution in [1.29, 1.82) is 0 Å². The zero-order valence-corrected chi connectivity index (χ0v) is 13.1. The van der Waals surface area contributed by atoms with Crippen LogP contribution in [0.3, 0.4) is 0 Å². The van der Waals surface area contributed by atoms with Crippen molar-refractivity contribution in [1.82, 2.24) is 20.3 Å². The van der Waals surface area contributed by atoms with Gasteiger partial charge in [-0.1, -0.05) is 6.07 Å². The maximum atomic E-state index is 12.2. The largest absolute Gasteiger partial charge is 0.357 e. The van der Waals surface area contributed by atoms with Gasteiger partial charge in [0.1, 0.15) is 17.8 Å². The van der Waals surface area contributed by atoms with E-state index in [1.165, 1.54) is 25.6 Å². The number of amides is 1. The second kappa shape index (κ2) is 7.67. The summed E-state index contributed by atoms with van der Waals surface area (Å²) in [6, 6.07) is 7.55. The van der Waals surface area contributed by atoms with E-state index >= 15 is 0 Å². The molecule has 0 aliphatic carbocycles. The molecule has 0 unspecified atom stereocenters. The van der Waals surface area contributed by atoms with Gasteiger partial charge in [0, 0.05) is 44.0 Å². The van der Waals surface area contributed by atoms with Crippen molar-refractivity contribution in [2.24, 2.45) is 0 Å². The predicted octanol–water partition coefficient (Wildman–Crippen LogP) is 1.83. The molecule has 0 aromatic carbocycles. The van der Waals surface area contributed by atoms with Crippen molar-refractivity contribution < 1.29 is 4.79 Å². The number of carbonyl (C=O) groups is 1. The van der Waals surface area contributed by atoms with Gasteiger partial charge < -0.3 is 10.2 Å². The molecule has 1 aliphatic heterocycles. The summed E-state index contributed by atoms with van der Waals surface area (Å²) in [5.74, 6) is 0.677. The van der Waals surface area contributed by atoms with Gasteiger partial charge in [-0.15, -0.1) is 0 Å². The summed E-state index contributed by atoms with van der Waals surface area (Å²) in [7, 11) is 0. The van der Waals surface area contributed by atoms with Crippen LogP contribution >= 0.6 is 0 Å². The first-order valence-corrected chi connectivity index (χ1v) is 8.08. The fourth-order valence-electron chi connectivity index (χ4n) is 2.71. The molecule has 23 heavy (non-hydrogen) atoms. The van der Waals surface area contributed by atoms with E-state index in [9.17, 15) is 4.79 Å². The number of rotatable bonds is 5. The van der Waals surface area contributed by atoms with Crippen molar-refractivity contribution in [2.45, 2.75) is 25.7 Å². The number of hydrogen-bond donors (Lipinski definition) is 1. The van der Waals surface area contributed by atoms with E-state index in [0.29, 0.717) is 18.7 Å². The van der Waals surface area contributed by atoms with Crippen LogP contribution in [-0.4, -0.2) is 40.5 Å². The second-order valence-electron chi connectivity index (χ2n) is 5.64. The molecule has 1 saturated heterocycles. The molecule has 3 rings (SSSR count). The fraction of sp³-hybridized carbons (Fsp3) is 0.412. The van der Waals surface area contributed by atoms with Crippen molar-refractivity contribution in [3.8, 4) is 0 Å². The lowest BCUT2D eigenvalue weighted by Gasteiger charge is -2.27. The molecule has 0 spiro atoms. The molecule has 0 saturated carbocycles. The molecule has 2 aromatic rings. The van der Waals surface area contributed by atoms with E-state index in [2.05, 4.69) is 25.2 Å². The summed E-state index contributed by atoms with van der Waals surface area (Å²) >= 11 is 0. The van der Waals surface area contributed by atoms with Gasteiger partial charge in [-0.3, -0.25) is 9.78 Å². The van der Waals surface area contributed by atoms with Gasteiger partial charge in [0.2, 0.25) is 0 Å². The molecule has 1 fully saturated rings. The number of piperidine rings is 1. The number of nitrogens with zero attached hydrogens (tertiary/aromatic N) is 4. The lowest BCUT2D eigenvalue weighted by Crippen LogP contribution is -2.31. The van der Waals surface area contributed by atoms with Crippen molar-refractivity contribution in [3.63, 3.8) is 0 Å². The first kappa shape index (κ1) is 15.4. The monoisotopic (exact) mass is 311 g/mol. The third-order valence-electron chi connectivity index (χ3n) is 3.96. The summed E-state index contributed by atoms with van der Waals surface area (Å²) in [4.78, 5) is 27.1. The SMILES string of the molecule is O=C(NCCc1ccccn1)c1cc(N2CCCCC2)ncn1. The highest BCUT2D eigenvalue weighted by Gasteiger charge is 2.15. The summed E-state index contributed by atoms with van der Waals surface area (Å²) < 4.78 is 0. The lowest BCUT2D eigenvalue weighted by molar-refractivity contribution is 0.0949. The highest BCUT2D eigenvalue weighted by molar-refractivity contribution is 5.92. The first-order valence-electron chi connectivity index (χ1n) is 8.08. The average molecular weight is 311 g/mol. The van der Waals surface area contributed by atoms with Crippen LogP contribution in [0.4, 0.5) is 5.82 Å². The van der Waals surface area contributed by atoms with Crippen LogP contribution in [0.5, 0.6) is 0 Å². The van der Waals surface area contributed by atoms with Crippen LogP contribution in [0.25, 0.3) is 0 Å². The maximum absolute atomic E-state index is 12.2. The minimum Gasteiger partial charge on any atom is -0.357 e. The van der Waals surface area contributed by atoms with Gasteiger partial charge >= 0.3 is 0 Å². The number of nitrogens with one attached hydrogen (secondary N) is 1. The van der Waals surface area contributed by atoms with Gasteiger partial charge in [-0.2, -0.15) is 0 Å². The minimum absolute atomic E-state index is 0.165. The van der Waals surface area contributed by atoms with Gasteiger partial charge in [0.15, 0.2) is 0 Å². The van der Waals surface area contributed by atoms with Crippen LogP contribution in [0.15, 0.2) is 36.8 Å². The van der Waals surface area contributed by atoms with Crippen LogP contribution in [0.2, 0.25) is 0 Å². The molecule has 0 bridgehead atoms. The predicted molar refractivity (Wildman–Crippen MR) is 88.4 cm³/mol. The zero-order valence-electron chi connectivity index (χ0n) is 13.1. The number of aromatic nitrogens is 3. The Bertz CT molecular complexity index is 640. The summed E-state index contributed by atoms with van der Waals surface area (Å²) in [5, 5.41) is 2.89. The maximum Gasteiger partial charge on any atom is 0.270 e. The molecule has 2 aromatic heterocycles. The summed E-state index contributed by atoms with van der Waals surface area (Å²) in [6.07, 6.45) is 7.55. The molecule has 3 heterocycles. The number of hydrogen-bond acceptors (Lipinski definition) is 5. The summed E-state index contributed by atoms with van der Waals surface area (Å²) in [5.41, 5.74) is 1.38. The Morgan fingerprint density at radius 3 is 2.78 bits per heavy atom. The van der Waals surface area contributed by atoms with Gasteiger partial charge in [-0.05, 0) is 31.4 Å². The molecular weight excluding hydrogens is 290 g/mol. The molecular formula is C17H21N5O. The van der Waals surface area contributed by atoms with E-state index in [1.807, 2.05) is 18.2 Å². The Morgan fingerprint density at radius 2 is 2.00 bits per heavy atom. The smallest absolute Gasteiger partial charge is 0.270 e. The van der Waals surface area contributed by atoms with Crippen molar-refractivity contribution >= 4 is 11.7 Å². The van der Waals surface area contributed by atoms with E-state index in [-0.39, 0.29) is 5.91 Å². The molecule has 6 nitrogen and oxygen atoms in total. The van der Waals surface area contributed by atoms with Crippen LogP contribution < -0.4 is 10.2 Å². The third kappa shape index (κ3) is 4.25. The minimum atomic E-state index is -0.165. The topological polar surface area (TPSA) is 71.0 Å². The van der Waals surface area contributed by atoms with Gasteiger partial charge in [0.25, 0.3) is 5.91 Å². The number of pyridine rings is 1. The van der Waals surface area contributed by atoms with E-state index < -0.39 is 0 Å². The Morgan fingerprint density at radius 1 is 1.13 bits per heavy atom. The highest BCUT2D eigenvalue weighted by atomic mass is 16.1. The standard InChI is InChI=1S/C17H21N5O/c23-17(19-9-7-14-6-2-3-8-18-14)15-12-16(21-13-20-15)22-10-4-1-5-11-22/h2-3,6,8,12-13H,1,4-5,7,9-11H2,(H,19,23). The first-order chi connectivity index (χ1) is 11.3. The quantitative estimate of drug-likeness (QED) is 0.912. The Hall–Kier alpha value is -2.50. The van der Waals surface area contributed by atoms with Crippen LogP contribution in [0.1, 0.15) is 35.4 Å². The average Bonchev–Trinajstić information content (AvgIpc) is 2.63. The molecule has 0 atom stereocenters.